The second kappa shape index (κ2) is 6.30. The number of hydrogen-bond acceptors (Lipinski definition) is 4. The maximum absolute atomic E-state index is 11.7. The van der Waals surface area contributed by atoms with Crippen molar-refractivity contribution in [3.8, 4) is 12.3 Å². The number of rotatable bonds is 5. The molecule has 1 heterocycles. The van der Waals surface area contributed by atoms with Crippen LogP contribution in [-0.4, -0.2) is 30.0 Å². The normalized spacial score (nSPS) is 9.81. The van der Waals surface area contributed by atoms with Gasteiger partial charge in [-0.15, -0.1) is 6.42 Å². The first-order chi connectivity index (χ1) is 7.70. The van der Waals surface area contributed by atoms with Crippen molar-refractivity contribution in [2.24, 2.45) is 0 Å². The first-order valence-corrected chi connectivity index (χ1v) is 5.42. The van der Waals surface area contributed by atoms with Crippen LogP contribution in [0.1, 0.15) is 0 Å². The van der Waals surface area contributed by atoms with Crippen molar-refractivity contribution in [2.75, 3.05) is 25.6 Å². The molecule has 5 nitrogen and oxygen atoms in total. The molecule has 0 unspecified atom stereocenters. The summed E-state index contributed by atoms with van der Waals surface area (Å²) in [4.78, 5) is 11.7. The van der Waals surface area contributed by atoms with Gasteiger partial charge >= 0.3 is 0 Å². The molecule has 0 amide bonds. The standard InChI is InChI=1S/C10H12BrN3O2/c1-3-5-14-10(15)9(11)8(7-13-14)12-4-6-16-2/h1,7,12H,4-6H2,2H3. The van der Waals surface area contributed by atoms with Crippen molar-refractivity contribution in [3.05, 3.63) is 21.0 Å². The van der Waals surface area contributed by atoms with Gasteiger partial charge in [0, 0.05) is 13.7 Å². The van der Waals surface area contributed by atoms with E-state index in [0.717, 1.165) is 0 Å². The summed E-state index contributed by atoms with van der Waals surface area (Å²) in [6.07, 6.45) is 6.67. The predicted octanol–water partition coefficient (Wildman–Crippen LogP) is 0.697. The Labute approximate surface area is 102 Å². The summed E-state index contributed by atoms with van der Waals surface area (Å²) in [7, 11) is 1.61. The second-order valence-corrected chi connectivity index (χ2v) is 3.75. The Morgan fingerprint density at radius 1 is 1.75 bits per heavy atom. The van der Waals surface area contributed by atoms with Crippen molar-refractivity contribution in [3.63, 3.8) is 0 Å². The summed E-state index contributed by atoms with van der Waals surface area (Å²) in [5, 5.41) is 6.96. The fraction of sp³-hybridized carbons (Fsp3) is 0.400. The molecule has 0 atom stereocenters. The lowest BCUT2D eigenvalue weighted by molar-refractivity contribution is 0.210. The summed E-state index contributed by atoms with van der Waals surface area (Å²) in [5.41, 5.74) is 0.385. The minimum absolute atomic E-state index is 0.162. The van der Waals surface area contributed by atoms with Gasteiger partial charge in [-0.2, -0.15) is 5.10 Å². The fourth-order valence-corrected chi connectivity index (χ4v) is 1.52. The molecule has 16 heavy (non-hydrogen) atoms. The Kier molecular flexibility index (Phi) is 5.02. The summed E-state index contributed by atoms with van der Waals surface area (Å²) in [6.45, 7) is 1.32. The van der Waals surface area contributed by atoms with Crippen LogP contribution in [0.2, 0.25) is 0 Å². The lowest BCUT2D eigenvalue weighted by atomic mass is 10.4. The van der Waals surface area contributed by atoms with Crippen molar-refractivity contribution in [2.45, 2.75) is 6.54 Å². The zero-order valence-corrected chi connectivity index (χ0v) is 10.5. The van der Waals surface area contributed by atoms with Gasteiger partial charge in [0.1, 0.15) is 11.0 Å². The van der Waals surface area contributed by atoms with Gasteiger partial charge in [0.15, 0.2) is 0 Å². The molecule has 6 heteroatoms. The Morgan fingerprint density at radius 3 is 3.12 bits per heavy atom. The molecule has 0 aromatic carbocycles. The molecule has 0 radical (unpaired) electrons. The van der Waals surface area contributed by atoms with Crippen LogP contribution >= 0.6 is 15.9 Å². The molecule has 0 aliphatic heterocycles. The monoisotopic (exact) mass is 285 g/mol. The van der Waals surface area contributed by atoms with E-state index in [1.54, 1.807) is 13.3 Å². The third kappa shape index (κ3) is 3.08. The molecule has 1 N–H and O–H groups in total. The number of halogens is 1. The molecule has 0 bridgehead atoms. The summed E-state index contributed by atoms with van der Waals surface area (Å²) < 4.78 is 6.53. The number of hydrogen-bond donors (Lipinski definition) is 1. The first-order valence-electron chi connectivity index (χ1n) is 4.62. The van der Waals surface area contributed by atoms with E-state index in [-0.39, 0.29) is 12.1 Å². The number of methoxy groups -OCH3 is 1. The molecule has 1 aromatic rings. The van der Waals surface area contributed by atoms with E-state index < -0.39 is 0 Å². The van der Waals surface area contributed by atoms with Gasteiger partial charge in [-0.25, -0.2) is 4.68 Å². The summed E-state index contributed by atoms with van der Waals surface area (Å²) in [6, 6.07) is 0. The van der Waals surface area contributed by atoms with E-state index in [1.807, 2.05) is 0 Å². The third-order valence-corrected chi connectivity index (χ3v) is 2.61. The number of ether oxygens (including phenoxy) is 1. The number of anilines is 1. The average Bonchev–Trinajstić information content (AvgIpc) is 2.28. The number of nitrogens with zero attached hydrogens (tertiary/aromatic N) is 2. The minimum atomic E-state index is -0.250. The van der Waals surface area contributed by atoms with E-state index in [9.17, 15) is 4.79 Å². The molecule has 86 valence electrons. The van der Waals surface area contributed by atoms with Crippen molar-refractivity contribution < 1.29 is 4.74 Å². The van der Waals surface area contributed by atoms with Crippen molar-refractivity contribution >= 4 is 21.6 Å². The maximum atomic E-state index is 11.7. The molecule has 0 spiro atoms. The molecule has 0 saturated heterocycles. The van der Waals surface area contributed by atoms with Crippen molar-refractivity contribution in [1.82, 2.24) is 9.78 Å². The smallest absolute Gasteiger partial charge is 0.284 e. The molecule has 0 saturated carbocycles. The highest BCUT2D eigenvalue weighted by molar-refractivity contribution is 9.10. The predicted molar refractivity (Wildman–Crippen MR) is 65.4 cm³/mol. The quantitative estimate of drug-likeness (QED) is 0.639. The summed E-state index contributed by atoms with van der Waals surface area (Å²) in [5.74, 6) is 2.36. The fourth-order valence-electron chi connectivity index (χ4n) is 1.08. The highest BCUT2D eigenvalue weighted by atomic mass is 79.9. The van der Waals surface area contributed by atoms with Crippen LogP contribution in [0.3, 0.4) is 0 Å². The lowest BCUT2D eigenvalue weighted by Gasteiger charge is -2.08. The van der Waals surface area contributed by atoms with Crippen LogP contribution in [0.5, 0.6) is 0 Å². The second-order valence-electron chi connectivity index (χ2n) is 2.96. The zero-order chi connectivity index (χ0) is 12.0. The van der Waals surface area contributed by atoms with Gasteiger partial charge in [-0.1, -0.05) is 5.92 Å². The minimum Gasteiger partial charge on any atom is -0.383 e. The molecule has 1 aromatic heterocycles. The van der Waals surface area contributed by atoms with Gasteiger partial charge in [0.25, 0.3) is 5.56 Å². The highest BCUT2D eigenvalue weighted by Gasteiger charge is 2.07. The maximum Gasteiger partial charge on any atom is 0.284 e. The average molecular weight is 286 g/mol. The van der Waals surface area contributed by atoms with Crippen LogP contribution in [0.25, 0.3) is 0 Å². The van der Waals surface area contributed by atoms with Crippen LogP contribution in [0, 0.1) is 12.3 Å². The van der Waals surface area contributed by atoms with Crippen LogP contribution in [-0.2, 0) is 11.3 Å². The highest BCUT2D eigenvalue weighted by Crippen LogP contribution is 2.15. The van der Waals surface area contributed by atoms with Gasteiger partial charge in [0.05, 0.1) is 18.5 Å². The molecule has 1 rings (SSSR count). The Bertz CT molecular complexity index is 450. The van der Waals surface area contributed by atoms with Crippen LogP contribution in [0.15, 0.2) is 15.5 Å². The lowest BCUT2D eigenvalue weighted by Crippen LogP contribution is -2.24. The first kappa shape index (κ1) is 12.7. The molecular formula is C10H12BrN3O2. The van der Waals surface area contributed by atoms with Crippen LogP contribution in [0.4, 0.5) is 5.69 Å². The largest absolute Gasteiger partial charge is 0.383 e. The molecular weight excluding hydrogens is 274 g/mol. The van der Waals surface area contributed by atoms with E-state index in [2.05, 4.69) is 32.3 Å². The Morgan fingerprint density at radius 2 is 2.50 bits per heavy atom. The van der Waals surface area contributed by atoms with Gasteiger partial charge in [0.2, 0.25) is 0 Å². The number of terminal acetylenes is 1. The topological polar surface area (TPSA) is 56.1 Å². The van der Waals surface area contributed by atoms with E-state index in [4.69, 9.17) is 11.2 Å². The van der Waals surface area contributed by atoms with Crippen molar-refractivity contribution in [1.29, 1.82) is 0 Å². The SMILES string of the molecule is C#CCn1ncc(NCCOC)c(Br)c1=O. The number of aromatic nitrogens is 2. The zero-order valence-electron chi connectivity index (χ0n) is 8.86. The van der Waals surface area contributed by atoms with Gasteiger partial charge < -0.3 is 10.1 Å². The van der Waals surface area contributed by atoms with E-state index >= 15 is 0 Å². The summed E-state index contributed by atoms with van der Waals surface area (Å²) >= 11 is 3.21. The Hall–Kier alpha value is -1.32. The van der Waals surface area contributed by atoms with Crippen LogP contribution < -0.4 is 10.9 Å². The third-order valence-electron chi connectivity index (χ3n) is 1.85. The molecule has 0 aliphatic carbocycles. The van der Waals surface area contributed by atoms with Gasteiger partial charge in [-0.3, -0.25) is 4.79 Å². The molecule has 0 fully saturated rings. The van der Waals surface area contributed by atoms with E-state index in [0.29, 0.717) is 23.3 Å². The van der Waals surface area contributed by atoms with Gasteiger partial charge in [-0.05, 0) is 15.9 Å². The Balaban J connectivity index is 2.86. The molecule has 0 aliphatic rings. The number of nitrogens with one attached hydrogen (secondary N) is 1. The van der Waals surface area contributed by atoms with E-state index in [1.165, 1.54) is 4.68 Å².